The molecular formula is C31H24F6O2P2. The second kappa shape index (κ2) is 13.0. The largest absolute Gasteiger partial charge is 0.494 e. The first-order valence-corrected chi connectivity index (χ1v) is 13.6. The number of hydrogen-bond acceptors (Lipinski definition) is 2. The van der Waals surface area contributed by atoms with Crippen LogP contribution in [0.5, 0.6) is 11.5 Å². The van der Waals surface area contributed by atoms with Gasteiger partial charge in [-0.25, -0.2) is 17.6 Å². The summed E-state index contributed by atoms with van der Waals surface area (Å²) in [6.07, 6.45) is -2.26. The zero-order valence-corrected chi connectivity index (χ0v) is 24.0. The lowest BCUT2D eigenvalue weighted by atomic mass is 10.0. The fourth-order valence-corrected chi connectivity index (χ4v) is 4.66. The molecule has 0 aromatic heterocycles. The van der Waals surface area contributed by atoms with Gasteiger partial charge in [-0.15, -0.1) is 18.5 Å². The molecule has 2 atom stereocenters. The summed E-state index contributed by atoms with van der Waals surface area (Å²) in [5.41, 5.74) is -0.120. The minimum Gasteiger partial charge on any atom is -0.494 e. The first kappa shape index (κ1) is 30.4. The molecule has 0 amide bonds. The molecule has 0 spiro atoms. The van der Waals surface area contributed by atoms with Crippen molar-refractivity contribution in [3.8, 4) is 34.5 Å². The van der Waals surface area contributed by atoms with Crippen LogP contribution in [0.2, 0.25) is 0 Å². The van der Waals surface area contributed by atoms with E-state index in [2.05, 4.69) is 23.5 Å². The van der Waals surface area contributed by atoms with E-state index in [0.29, 0.717) is 23.8 Å². The molecule has 4 aromatic rings. The highest BCUT2D eigenvalue weighted by molar-refractivity contribution is 7.27. The van der Waals surface area contributed by atoms with Gasteiger partial charge in [0.05, 0.1) is 6.61 Å². The molecule has 0 bridgehead atoms. The van der Waals surface area contributed by atoms with E-state index in [1.54, 1.807) is 24.3 Å². The Hall–Kier alpha value is -3.52. The smallest absolute Gasteiger partial charge is 0.430 e. The molecule has 0 radical (unpaired) electrons. The zero-order valence-electron chi connectivity index (χ0n) is 21.7. The third-order valence-electron chi connectivity index (χ3n) is 5.94. The molecule has 0 saturated heterocycles. The molecule has 10 heteroatoms. The number of unbranched alkanes of at least 4 members (excludes halogenated alkanes) is 1. The SMILES string of the molecule is CCCCOc1ccc(C#Cc2ccc(-c3cc(F)c(C(F)(F)Oc4cc(F)c(F)c(P)c4)c(P)c3)c(F)c2)cc1. The van der Waals surface area contributed by atoms with Crippen molar-refractivity contribution < 1.29 is 35.8 Å². The molecule has 0 heterocycles. The van der Waals surface area contributed by atoms with Gasteiger partial charge in [-0.1, -0.05) is 31.3 Å². The van der Waals surface area contributed by atoms with E-state index in [1.165, 1.54) is 18.2 Å². The Morgan fingerprint density at radius 2 is 1.41 bits per heavy atom. The first-order valence-electron chi connectivity index (χ1n) is 12.4. The summed E-state index contributed by atoms with van der Waals surface area (Å²) >= 11 is 0. The van der Waals surface area contributed by atoms with Crippen molar-refractivity contribution in [2.24, 2.45) is 0 Å². The van der Waals surface area contributed by atoms with Crippen molar-refractivity contribution in [1.82, 2.24) is 0 Å². The van der Waals surface area contributed by atoms with Crippen LogP contribution in [0.25, 0.3) is 11.1 Å². The number of alkyl halides is 2. The van der Waals surface area contributed by atoms with Gasteiger partial charge in [-0.3, -0.25) is 0 Å². The van der Waals surface area contributed by atoms with E-state index in [1.807, 2.05) is 18.5 Å². The van der Waals surface area contributed by atoms with Crippen LogP contribution < -0.4 is 20.1 Å². The fraction of sp³-hybridized carbons (Fsp3) is 0.161. The normalized spacial score (nSPS) is 11.1. The average Bonchev–Trinajstić information content (AvgIpc) is 2.90. The standard InChI is InChI=1S/C31H24F6O2P2/c1-2-3-12-38-21-9-6-18(7-10-21)4-5-19-8-11-23(24(32)13-19)20-14-25(33)29(27(40)15-20)31(36,37)39-22-16-26(34)30(35)28(41)17-22/h6-11,13-17H,2-3,12,40-41H2,1H3. The summed E-state index contributed by atoms with van der Waals surface area (Å²) in [6.45, 7) is 2.71. The molecule has 41 heavy (non-hydrogen) atoms. The predicted octanol–water partition coefficient (Wildman–Crippen LogP) is 7.62. The van der Waals surface area contributed by atoms with Crippen molar-refractivity contribution in [3.05, 3.63) is 107 Å². The van der Waals surface area contributed by atoms with Gasteiger partial charge < -0.3 is 9.47 Å². The Morgan fingerprint density at radius 3 is 2.05 bits per heavy atom. The van der Waals surface area contributed by atoms with E-state index >= 15 is 4.39 Å². The van der Waals surface area contributed by atoms with Gasteiger partial charge in [0.1, 0.15) is 28.7 Å². The summed E-state index contributed by atoms with van der Waals surface area (Å²) in [6, 6.07) is 14.4. The predicted molar refractivity (Wildman–Crippen MR) is 154 cm³/mol. The molecule has 212 valence electrons. The van der Waals surface area contributed by atoms with Crippen LogP contribution in [0.1, 0.15) is 36.5 Å². The second-order valence-corrected chi connectivity index (χ2v) is 10.3. The minimum absolute atomic E-state index is 0.00259. The first-order chi connectivity index (χ1) is 19.5. The van der Waals surface area contributed by atoms with Crippen LogP contribution in [0.3, 0.4) is 0 Å². The Balaban J connectivity index is 1.54. The summed E-state index contributed by atoms with van der Waals surface area (Å²) < 4.78 is 97.1. The monoisotopic (exact) mass is 604 g/mol. The van der Waals surface area contributed by atoms with Gasteiger partial charge >= 0.3 is 6.11 Å². The lowest BCUT2D eigenvalue weighted by Crippen LogP contribution is -2.29. The number of rotatable bonds is 8. The lowest BCUT2D eigenvalue weighted by molar-refractivity contribution is -0.186. The third kappa shape index (κ3) is 7.41. The highest BCUT2D eigenvalue weighted by Gasteiger charge is 2.40. The van der Waals surface area contributed by atoms with Gasteiger partial charge in [0, 0.05) is 28.1 Å². The summed E-state index contributed by atoms with van der Waals surface area (Å²) in [5.74, 6) is 1.07. The molecule has 0 saturated carbocycles. The molecule has 4 rings (SSSR count). The number of ether oxygens (including phenoxy) is 2. The molecule has 2 nitrogen and oxygen atoms in total. The Morgan fingerprint density at radius 1 is 0.732 bits per heavy atom. The molecule has 0 aliphatic heterocycles. The number of halogens is 6. The molecular weight excluding hydrogens is 580 g/mol. The van der Waals surface area contributed by atoms with Crippen molar-refractivity contribution in [3.63, 3.8) is 0 Å². The van der Waals surface area contributed by atoms with E-state index in [-0.39, 0.29) is 21.7 Å². The second-order valence-electron chi connectivity index (χ2n) is 9.02. The van der Waals surface area contributed by atoms with Crippen molar-refractivity contribution in [2.75, 3.05) is 6.61 Å². The number of hydrogen-bond donors (Lipinski definition) is 0. The maximum absolute atomic E-state index is 15.0. The van der Waals surface area contributed by atoms with Crippen molar-refractivity contribution >= 4 is 29.1 Å². The van der Waals surface area contributed by atoms with E-state index in [0.717, 1.165) is 36.8 Å². The van der Waals surface area contributed by atoms with Crippen molar-refractivity contribution in [2.45, 2.75) is 25.9 Å². The maximum atomic E-state index is 15.0. The Kier molecular flexibility index (Phi) is 9.64. The summed E-state index contributed by atoms with van der Waals surface area (Å²) in [7, 11) is 3.82. The molecule has 4 aromatic carbocycles. The highest BCUT2D eigenvalue weighted by Crippen LogP contribution is 2.35. The molecule has 0 aliphatic carbocycles. The lowest BCUT2D eigenvalue weighted by Gasteiger charge is -2.21. The van der Waals surface area contributed by atoms with Crippen LogP contribution in [-0.4, -0.2) is 6.61 Å². The summed E-state index contributed by atoms with van der Waals surface area (Å²) in [5, 5.41) is -0.657. The van der Waals surface area contributed by atoms with Crippen LogP contribution >= 0.6 is 18.5 Å². The topological polar surface area (TPSA) is 18.5 Å². The third-order valence-corrected chi connectivity index (χ3v) is 6.82. The van der Waals surface area contributed by atoms with E-state index in [4.69, 9.17) is 4.74 Å². The van der Waals surface area contributed by atoms with Crippen LogP contribution in [0, 0.1) is 35.1 Å². The van der Waals surface area contributed by atoms with E-state index in [9.17, 15) is 22.0 Å². The van der Waals surface area contributed by atoms with Gasteiger partial charge in [0.15, 0.2) is 11.6 Å². The van der Waals surface area contributed by atoms with E-state index < -0.39 is 40.7 Å². The zero-order chi connectivity index (χ0) is 29.7. The van der Waals surface area contributed by atoms with Crippen LogP contribution in [0.15, 0.2) is 66.7 Å². The van der Waals surface area contributed by atoms with Gasteiger partial charge in [-0.05, 0) is 71.9 Å². The molecule has 0 aliphatic rings. The number of benzene rings is 4. The molecule has 2 unspecified atom stereocenters. The van der Waals surface area contributed by atoms with Gasteiger partial charge in [0.2, 0.25) is 0 Å². The quantitative estimate of drug-likeness (QED) is 0.0892. The molecule has 0 N–H and O–H groups in total. The Bertz CT molecular complexity index is 1580. The molecule has 0 fully saturated rings. The van der Waals surface area contributed by atoms with Crippen molar-refractivity contribution in [1.29, 1.82) is 0 Å². The van der Waals surface area contributed by atoms with Crippen LogP contribution in [0.4, 0.5) is 26.3 Å². The van der Waals surface area contributed by atoms with Gasteiger partial charge in [-0.2, -0.15) is 8.78 Å². The highest BCUT2D eigenvalue weighted by atomic mass is 31.0. The van der Waals surface area contributed by atoms with Gasteiger partial charge in [0.25, 0.3) is 0 Å². The van der Waals surface area contributed by atoms with Crippen LogP contribution in [-0.2, 0) is 6.11 Å². The summed E-state index contributed by atoms with van der Waals surface area (Å²) in [4.78, 5) is 0. The Labute approximate surface area is 238 Å². The average molecular weight is 604 g/mol. The fourth-order valence-electron chi connectivity index (χ4n) is 3.87. The minimum atomic E-state index is -4.25. The maximum Gasteiger partial charge on any atom is 0.430 e.